The molecule has 0 aliphatic heterocycles. The molecule has 19 nitrogen and oxygen atoms in total. The zero-order chi connectivity index (χ0) is 51.9. The van der Waals surface area contributed by atoms with Crippen LogP contribution in [0.2, 0.25) is 8.57 Å². The van der Waals surface area contributed by atoms with Gasteiger partial charge in [0.15, 0.2) is 8.57 Å². The van der Waals surface area contributed by atoms with Crippen LogP contribution < -0.4 is 0 Å². The summed E-state index contributed by atoms with van der Waals surface area (Å²) in [6, 6.07) is 0. The Labute approximate surface area is 420 Å². The first-order valence-corrected chi connectivity index (χ1v) is 36.2. The van der Waals surface area contributed by atoms with Gasteiger partial charge in [0, 0.05) is 119 Å². The molecule has 0 aromatic carbocycles. The molecule has 0 atom stereocenters. The molecule has 0 N–H and O–H groups in total. The van der Waals surface area contributed by atoms with Crippen LogP contribution in [0.5, 0.6) is 0 Å². The average Bonchev–Trinajstić information content (AvgIpc) is 3.28. The van der Waals surface area contributed by atoms with Gasteiger partial charge in [-0.25, -0.2) is 0 Å². The minimum Gasteiger partial charge on any atom is -0.373 e. The van der Waals surface area contributed by atoms with E-state index in [0.29, 0.717) is 13.1 Å². The minimum atomic E-state index is -4.19. The summed E-state index contributed by atoms with van der Waals surface area (Å²) in [7, 11) is -23.1. The predicted molar refractivity (Wildman–Crippen MR) is 276 cm³/mol. The van der Waals surface area contributed by atoms with Crippen molar-refractivity contribution in [2.24, 2.45) is 0 Å². The maximum atomic E-state index is 7.02. The molecule has 0 saturated carbocycles. The van der Waals surface area contributed by atoms with Crippen molar-refractivity contribution >= 4 is 52.8 Å². The molecule has 0 aliphatic carbocycles. The summed E-state index contributed by atoms with van der Waals surface area (Å²) < 4.78 is 123. The molecule has 0 heterocycles. The molecular formula is C43H101NO18Si6. The highest BCUT2D eigenvalue weighted by Gasteiger charge is 2.91. The predicted octanol–water partition coefficient (Wildman–Crippen LogP) is 7.63. The fraction of sp³-hybridized carbons (Fsp3) is 1.00. The van der Waals surface area contributed by atoms with Gasteiger partial charge in [-0.05, 0) is 158 Å². The summed E-state index contributed by atoms with van der Waals surface area (Å²) in [5.41, 5.74) is 0. The molecule has 0 aromatic heterocycles. The van der Waals surface area contributed by atoms with E-state index in [1.165, 1.54) is 0 Å². The Balaban J connectivity index is 9.39. The van der Waals surface area contributed by atoms with E-state index in [1.807, 2.05) is 132 Å². The van der Waals surface area contributed by atoms with Crippen LogP contribution >= 0.6 is 0 Å². The summed E-state index contributed by atoms with van der Waals surface area (Å²) in [6.07, 6.45) is 0.448. The lowest BCUT2D eigenvalue weighted by Gasteiger charge is -2.56. The highest BCUT2D eigenvalue weighted by atomic mass is 28.5. The van der Waals surface area contributed by atoms with Crippen molar-refractivity contribution in [2.75, 3.05) is 139 Å². The van der Waals surface area contributed by atoms with Crippen molar-refractivity contribution in [3.05, 3.63) is 0 Å². The van der Waals surface area contributed by atoms with E-state index in [1.54, 1.807) is 0 Å². The van der Waals surface area contributed by atoms with Crippen molar-refractivity contribution < 1.29 is 79.7 Å². The lowest BCUT2D eigenvalue weighted by atomic mass is 10.3. The Morgan fingerprint density at radius 2 is 0.324 bits per heavy atom. The second-order valence-corrected chi connectivity index (χ2v) is 34.7. The Morgan fingerprint density at radius 3 is 0.412 bits per heavy atom. The fourth-order valence-electron chi connectivity index (χ4n) is 9.26. The molecule has 410 valence electrons. The van der Waals surface area contributed by atoms with Crippen molar-refractivity contribution in [1.29, 1.82) is 0 Å². The van der Waals surface area contributed by atoms with Gasteiger partial charge in [0.2, 0.25) is 0 Å². The first-order chi connectivity index (χ1) is 32.7. The molecule has 0 saturated heterocycles. The maximum Gasteiger partial charge on any atom is 0.516 e. The average molecular weight is 1090 g/mol. The van der Waals surface area contributed by atoms with Crippen LogP contribution in [-0.4, -0.2) is 197 Å². The minimum absolute atomic E-state index is 0.224. The second-order valence-electron chi connectivity index (χ2n) is 14.7. The third-order valence-corrected chi connectivity index (χ3v) is 41.7. The van der Waals surface area contributed by atoms with E-state index >= 15 is 0 Å². The normalized spacial score (nSPS) is 13.9. The van der Waals surface area contributed by atoms with Crippen LogP contribution in [0.4, 0.5) is 0 Å². The van der Waals surface area contributed by atoms with Crippen LogP contribution in [0, 0.1) is 0 Å². The number of hydrogen-bond donors (Lipinski definition) is 0. The van der Waals surface area contributed by atoms with Gasteiger partial charge < -0.3 is 84.6 Å². The molecule has 0 aliphatic rings. The third kappa shape index (κ3) is 14.9. The summed E-state index contributed by atoms with van der Waals surface area (Å²) in [5.74, 6) is 0. The zero-order valence-corrected chi connectivity index (χ0v) is 52.4. The van der Waals surface area contributed by atoms with Crippen LogP contribution in [0.3, 0.4) is 0 Å². The molecule has 0 aromatic rings. The lowest BCUT2D eigenvalue weighted by Crippen LogP contribution is -2.82. The van der Waals surface area contributed by atoms with Gasteiger partial charge in [-0.3, -0.25) is 0 Å². The molecule has 68 heavy (non-hydrogen) atoms. The van der Waals surface area contributed by atoms with Gasteiger partial charge in [0.25, 0.3) is 0 Å². The van der Waals surface area contributed by atoms with Crippen LogP contribution in [0.1, 0.15) is 137 Å². The summed E-state index contributed by atoms with van der Waals surface area (Å²) in [6.45, 7) is 39.7. The van der Waals surface area contributed by atoms with Crippen LogP contribution in [-0.2, 0) is 79.7 Å². The smallest absolute Gasteiger partial charge is 0.373 e. The largest absolute Gasteiger partial charge is 0.516 e. The van der Waals surface area contributed by atoms with Gasteiger partial charge in [-0.15, -0.1) is 0 Å². The molecule has 0 amide bonds. The SMILES string of the molecule is CCO[Si](OCC)(OCC)C(CCN(C)CCC([Si](OCC)(OCC)OCC)([Si](OCC)(OCC)OCC)[Si](OCC)(OCC)OCC)([Si](OCC)(OCC)OCC)[Si](OCC)(OCC)OCC. The Hall–Kier alpha value is 0.541. The van der Waals surface area contributed by atoms with Gasteiger partial charge in [-0.1, -0.05) is 0 Å². The molecule has 25 heteroatoms. The van der Waals surface area contributed by atoms with Gasteiger partial charge in [-0.2, -0.15) is 0 Å². The standard InChI is InChI=1S/C43H101NO18Si6/c1-20-45-63(46-21-2,47-22-3)42(64(48-23-4,49-24-5)50-25-6,65(51-26-7,52-27-8)53-28-9)38-40-44(19)41-39-43(66(54-29-10,55-30-11)56-31-12,67(57-32-13,58-33-14)59-34-15)68(60-35-16,61-36-17)62-37-18/h20-41H2,1-19H3. The first kappa shape index (κ1) is 68.5. The quantitative estimate of drug-likeness (QED) is 0.0545. The topological polar surface area (TPSA) is 169 Å². The monoisotopic (exact) mass is 1090 g/mol. The number of nitrogens with zero attached hydrogens (tertiary/aromatic N) is 1. The van der Waals surface area contributed by atoms with Gasteiger partial charge >= 0.3 is 52.8 Å². The van der Waals surface area contributed by atoms with E-state index < -0.39 is 61.4 Å². The molecule has 0 unspecified atom stereocenters. The summed E-state index contributed by atoms with van der Waals surface area (Å²) in [5, 5.41) is 0. The molecule has 0 radical (unpaired) electrons. The number of hydrogen-bond acceptors (Lipinski definition) is 19. The van der Waals surface area contributed by atoms with Crippen molar-refractivity contribution in [2.45, 2.75) is 146 Å². The van der Waals surface area contributed by atoms with E-state index in [-0.39, 0.29) is 132 Å². The Morgan fingerprint density at radius 1 is 0.221 bits per heavy atom. The highest BCUT2D eigenvalue weighted by molar-refractivity contribution is 7.03. The molecule has 0 rings (SSSR count). The van der Waals surface area contributed by atoms with E-state index in [0.717, 1.165) is 0 Å². The maximum absolute atomic E-state index is 7.02. The lowest BCUT2D eigenvalue weighted by molar-refractivity contribution is -0.0145. The van der Waals surface area contributed by atoms with Crippen LogP contribution in [0.15, 0.2) is 0 Å². The van der Waals surface area contributed by atoms with Gasteiger partial charge in [0.05, 0.1) is 0 Å². The highest BCUT2D eigenvalue weighted by Crippen LogP contribution is 2.62. The van der Waals surface area contributed by atoms with Gasteiger partial charge in [0.1, 0.15) is 0 Å². The van der Waals surface area contributed by atoms with Crippen molar-refractivity contribution in [1.82, 2.24) is 4.90 Å². The summed E-state index contributed by atoms with van der Waals surface area (Å²) >= 11 is 0. The van der Waals surface area contributed by atoms with E-state index in [9.17, 15) is 0 Å². The molecule has 0 bridgehead atoms. The molecule has 0 spiro atoms. The zero-order valence-electron chi connectivity index (χ0n) is 46.4. The summed E-state index contributed by atoms with van der Waals surface area (Å²) in [4.78, 5) is 2.20. The first-order valence-electron chi connectivity index (χ1n) is 25.9. The second kappa shape index (κ2) is 35.7. The fourth-order valence-corrected chi connectivity index (χ4v) is 41.3. The molecular weight excluding hydrogens is 987 g/mol. The Bertz CT molecular complexity index is 937. The van der Waals surface area contributed by atoms with E-state index in [4.69, 9.17) is 79.7 Å². The Kier molecular flexibility index (Phi) is 36.0. The van der Waals surface area contributed by atoms with E-state index in [2.05, 4.69) is 4.90 Å². The van der Waals surface area contributed by atoms with Crippen molar-refractivity contribution in [3.63, 3.8) is 0 Å². The third-order valence-electron chi connectivity index (χ3n) is 10.9. The van der Waals surface area contributed by atoms with Crippen molar-refractivity contribution in [3.8, 4) is 0 Å². The van der Waals surface area contributed by atoms with Crippen LogP contribution in [0.25, 0.3) is 0 Å². The molecule has 0 fully saturated rings. The number of rotatable bonds is 48.